The van der Waals surface area contributed by atoms with Gasteiger partial charge in [0, 0.05) is 17.5 Å². The van der Waals surface area contributed by atoms with Gasteiger partial charge < -0.3 is 10.6 Å². The van der Waals surface area contributed by atoms with Gasteiger partial charge in [-0.25, -0.2) is 0 Å². The Bertz CT molecular complexity index is 376. The third-order valence-corrected chi connectivity index (χ3v) is 3.59. The van der Waals surface area contributed by atoms with Crippen LogP contribution in [0.25, 0.3) is 0 Å². The second-order valence-corrected chi connectivity index (χ2v) is 6.17. The van der Waals surface area contributed by atoms with Crippen molar-refractivity contribution in [2.45, 2.75) is 32.1 Å². The first kappa shape index (κ1) is 16.1. The highest BCUT2D eigenvalue weighted by molar-refractivity contribution is 7.99. The lowest BCUT2D eigenvalue weighted by Crippen LogP contribution is -2.21. The summed E-state index contributed by atoms with van der Waals surface area (Å²) in [4.78, 5) is 12.1. The van der Waals surface area contributed by atoms with Crippen molar-refractivity contribution in [2.24, 2.45) is 5.92 Å². The van der Waals surface area contributed by atoms with Crippen LogP contribution in [0.4, 0.5) is 5.69 Å². The first-order valence-corrected chi connectivity index (χ1v) is 7.77. The quantitative estimate of drug-likeness (QED) is 0.566. The SMILES string of the molecule is CC(=O)Nc1ccc(SCCCNCC(C)C)cc1. The molecule has 1 aromatic rings. The number of hydrogen-bond acceptors (Lipinski definition) is 3. The maximum Gasteiger partial charge on any atom is 0.221 e. The Balaban J connectivity index is 2.17. The molecule has 1 aromatic carbocycles. The molecule has 0 spiro atoms. The van der Waals surface area contributed by atoms with Crippen LogP contribution in [-0.4, -0.2) is 24.7 Å². The van der Waals surface area contributed by atoms with Crippen LogP contribution in [0.15, 0.2) is 29.2 Å². The molecule has 0 aliphatic carbocycles. The van der Waals surface area contributed by atoms with Crippen LogP contribution in [0, 0.1) is 5.92 Å². The average Bonchev–Trinajstić information content (AvgIpc) is 2.34. The lowest BCUT2D eigenvalue weighted by Gasteiger charge is -2.07. The fraction of sp³-hybridized carbons (Fsp3) is 0.533. The molecule has 19 heavy (non-hydrogen) atoms. The van der Waals surface area contributed by atoms with E-state index in [4.69, 9.17) is 0 Å². The van der Waals surface area contributed by atoms with Crippen LogP contribution in [-0.2, 0) is 4.79 Å². The Morgan fingerprint density at radius 3 is 2.53 bits per heavy atom. The number of thioether (sulfide) groups is 1. The summed E-state index contributed by atoms with van der Waals surface area (Å²) in [5.41, 5.74) is 0.857. The molecule has 0 unspecified atom stereocenters. The number of hydrogen-bond donors (Lipinski definition) is 2. The first-order chi connectivity index (χ1) is 9.08. The molecular formula is C15H24N2OS. The fourth-order valence-corrected chi connectivity index (χ4v) is 2.47. The van der Waals surface area contributed by atoms with E-state index in [2.05, 4.69) is 36.6 Å². The Morgan fingerprint density at radius 2 is 1.95 bits per heavy atom. The third-order valence-electron chi connectivity index (χ3n) is 2.49. The summed E-state index contributed by atoms with van der Waals surface area (Å²) in [6.07, 6.45) is 1.17. The molecule has 0 saturated heterocycles. The van der Waals surface area contributed by atoms with Gasteiger partial charge in [0.2, 0.25) is 5.91 Å². The van der Waals surface area contributed by atoms with Crippen LogP contribution >= 0.6 is 11.8 Å². The zero-order valence-corrected chi connectivity index (χ0v) is 12.8. The highest BCUT2D eigenvalue weighted by Gasteiger charge is 1.98. The number of amides is 1. The van der Waals surface area contributed by atoms with E-state index in [1.807, 2.05) is 23.9 Å². The number of rotatable bonds is 8. The van der Waals surface area contributed by atoms with E-state index >= 15 is 0 Å². The topological polar surface area (TPSA) is 41.1 Å². The van der Waals surface area contributed by atoms with Crippen molar-refractivity contribution < 1.29 is 4.79 Å². The minimum atomic E-state index is -0.0309. The van der Waals surface area contributed by atoms with Gasteiger partial charge >= 0.3 is 0 Å². The number of benzene rings is 1. The molecule has 2 N–H and O–H groups in total. The molecular weight excluding hydrogens is 256 g/mol. The molecule has 0 saturated carbocycles. The zero-order chi connectivity index (χ0) is 14.1. The van der Waals surface area contributed by atoms with Gasteiger partial charge in [0.25, 0.3) is 0 Å². The molecule has 0 radical (unpaired) electrons. The van der Waals surface area contributed by atoms with Gasteiger partial charge in [-0.2, -0.15) is 0 Å². The maximum absolute atomic E-state index is 10.9. The average molecular weight is 280 g/mol. The predicted molar refractivity (Wildman–Crippen MR) is 83.8 cm³/mol. The smallest absolute Gasteiger partial charge is 0.221 e. The maximum atomic E-state index is 10.9. The van der Waals surface area contributed by atoms with E-state index in [1.54, 1.807) is 0 Å². The number of carbonyl (C=O) groups excluding carboxylic acids is 1. The van der Waals surface area contributed by atoms with Crippen molar-refractivity contribution in [3.63, 3.8) is 0 Å². The molecule has 0 aliphatic heterocycles. The molecule has 0 bridgehead atoms. The standard InChI is InChI=1S/C15H24N2OS/c1-12(2)11-16-9-4-10-19-15-7-5-14(6-8-15)17-13(3)18/h5-8,12,16H,4,9-11H2,1-3H3,(H,17,18). The number of carbonyl (C=O) groups is 1. The van der Waals surface area contributed by atoms with Gasteiger partial charge in [-0.1, -0.05) is 13.8 Å². The van der Waals surface area contributed by atoms with E-state index < -0.39 is 0 Å². The fourth-order valence-electron chi connectivity index (χ4n) is 1.62. The molecule has 0 aromatic heterocycles. The monoisotopic (exact) mass is 280 g/mol. The minimum absolute atomic E-state index is 0.0309. The van der Waals surface area contributed by atoms with Crippen LogP contribution in [0.3, 0.4) is 0 Å². The van der Waals surface area contributed by atoms with Crippen molar-refractivity contribution in [1.82, 2.24) is 5.32 Å². The summed E-state index contributed by atoms with van der Waals surface area (Å²) in [5, 5.41) is 6.21. The Hall–Kier alpha value is -1.00. The Kier molecular flexibility index (Phi) is 7.60. The second-order valence-electron chi connectivity index (χ2n) is 5.01. The Morgan fingerprint density at radius 1 is 1.26 bits per heavy atom. The molecule has 0 fully saturated rings. The summed E-state index contributed by atoms with van der Waals surface area (Å²) < 4.78 is 0. The van der Waals surface area contributed by atoms with Crippen molar-refractivity contribution >= 4 is 23.4 Å². The van der Waals surface area contributed by atoms with Gasteiger partial charge in [0.05, 0.1) is 0 Å². The number of anilines is 1. The Labute approximate surface area is 120 Å². The highest BCUT2D eigenvalue weighted by Crippen LogP contribution is 2.20. The van der Waals surface area contributed by atoms with Gasteiger partial charge in [0.1, 0.15) is 0 Å². The summed E-state index contributed by atoms with van der Waals surface area (Å²) in [6, 6.07) is 8.00. The van der Waals surface area contributed by atoms with Gasteiger partial charge in [-0.15, -0.1) is 11.8 Å². The molecule has 1 amide bonds. The normalized spacial score (nSPS) is 10.7. The molecule has 0 aliphatic rings. The summed E-state index contributed by atoms with van der Waals surface area (Å²) in [7, 11) is 0. The van der Waals surface area contributed by atoms with E-state index in [-0.39, 0.29) is 5.91 Å². The van der Waals surface area contributed by atoms with E-state index in [1.165, 1.54) is 18.2 Å². The van der Waals surface area contributed by atoms with Crippen molar-refractivity contribution in [3.8, 4) is 0 Å². The van der Waals surface area contributed by atoms with Crippen molar-refractivity contribution in [1.29, 1.82) is 0 Å². The molecule has 4 heteroatoms. The van der Waals surface area contributed by atoms with Crippen LogP contribution < -0.4 is 10.6 Å². The van der Waals surface area contributed by atoms with Gasteiger partial charge in [-0.05, 0) is 55.4 Å². The highest BCUT2D eigenvalue weighted by atomic mass is 32.2. The van der Waals surface area contributed by atoms with E-state index in [0.717, 1.165) is 24.5 Å². The minimum Gasteiger partial charge on any atom is -0.326 e. The summed E-state index contributed by atoms with van der Waals surface area (Å²) in [6.45, 7) is 8.13. The lowest BCUT2D eigenvalue weighted by atomic mass is 10.2. The molecule has 0 atom stereocenters. The van der Waals surface area contributed by atoms with E-state index in [0.29, 0.717) is 5.92 Å². The molecule has 0 heterocycles. The summed E-state index contributed by atoms with van der Waals surface area (Å²) in [5.74, 6) is 1.80. The lowest BCUT2D eigenvalue weighted by molar-refractivity contribution is -0.114. The predicted octanol–water partition coefficient (Wildman–Crippen LogP) is 3.37. The summed E-state index contributed by atoms with van der Waals surface area (Å²) >= 11 is 1.85. The van der Waals surface area contributed by atoms with Gasteiger partial charge in [0.15, 0.2) is 0 Å². The first-order valence-electron chi connectivity index (χ1n) is 6.79. The van der Waals surface area contributed by atoms with Crippen LogP contribution in [0.5, 0.6) is 0 Å². The van der Waals surface area contributed by atoms with Crippen LogP contribution in [0.2, 0.25) is 0 Å². The molecule has 3 nitrogen and oxygen atoms in total. The van der Waals surface area contributed by atoms with Crippen molar-refractivity contribution in [2.75, 3.05) is 24.2 Å². The van der Waals surface area contributed by atoms with E-state index in [9.17, 15) is 4.79 Å². The second kappa shape index (κ2) is 8.99. The van der Waals surface area contributed by atoms with Gasteiger partial charge in [-0.3, -0.25) is 4.79 Å². The number of nitrogens with one attached hydrogen (secondary N) is 2. The zero-order valence-electron chi connectivity index (χ0n) is 12.0. The third kappa shape index (κ3) is 7.90. The van der Waals surface area contributed by atoms with Crippen LogP contribution in [0.1, 0.15) is 27.2 Å². The molecule has 1 rings (SSSR count). The largest absolute Gasteiger partial charge is 0.326 e. The van der Waals surface area contributed by atoms with Crippen molar-refractivity contribution in [3.05, 3.63) is 24.3 Å². The molecule has 106 valence electrons.